The number of methoxy groups -OCH3 is 1. The first-order chi connectivity index (χ1) is 14.5. The predicted molar refractivity (Wildman–Crippen MR) is 117 cm³/mol. The third-order valence-corrected chi connectivity index (χ3v) is 4.87. The maximum atomic E-state index is 13.1. The molecular weight excluding hydrogens is 380 g/mol. The molecule has 0 aliphatic heterocycles. The van der Waals surface area contributed by atoms with E-state index in [1.807, 2.05) is 68.4 Å². The summed E-state index contributed by atoms with van der Waals surface area (Å²) in [6.45, 7) is 4.38. The number of aliphatic hydroxyl groups is 1. The molecule has 162 valence electrons. The third-order valence-electron chi connectivity index (χ3n) is 4.87. The van der Waals surface area contributed by atoms with Crippen LogP contribution in [0.4, 0.5) is 0 Å². The number of nitrogens with zero attached hydrogens (tertiary/aromatic N) is 1. The Morgan fingerprint density at radius 2 is 1.70 bits per heavy atom. The van der Waals surface area contributed by atoms with Crippen molar-refractivity contribution >= 4 is 11.8 Å². The van der Waals surface area contributed by atoms with Gasteiger partial charge in [0.05, 0.1) is 7.11 Å². The lowest BCUT2D eigenvalue weighted by molar-refractivity contribution is -0.143. The van der Waals surface area contributed by atoms with Gasteiger partial charge in [-0.25, -0.2) is 0 Å². The fourth-order valence-electron chi connectivity index (χ4n) is 3.19. The van der Waals surface area contributed by atoms with Crippen molar-refractivity contribution in [1.29, 1.82) is 0 Å². The molecule has 2 N–H and O–H groups in total. The van der Waals surface area contributed by atoms with Crippen LogP contribution in [0.5, 0.6) is 5.75 Å². The molecule has 2 rings (SSSR count). The molecule has 6 heteroatoms. The van der Waals surface area contributed by atoms with Crippen LogP contribution in [0, 0.1) is 5.92 Å². The molecule has 30 heavy (non-hydrogen) atoms. The number of carbonyl (C=O) groups is 2. The maximum absolute atomic E-state index is 13.1. The Morgan fingerprint density at radius 3 is 2.27 bits per heavy atom. The standard InChI is InChI=1S/C24H32N2O4/c1-18(2)24(29)26(17-20-10-12-21(30-3)13-11-20)22(23(28)25-14-7-15-27)16-19-8-5-4-6-9-19/h4-6,8-13,18,22,27H,7,14-17H2,1-3H3,(H,25,28)/t22-/m1/s1. The van der Waals surface area contributed by atoms with Gasteiger partial charge in [-0.3, -0.25) is 9.59 Å². The van der Waals surface area contributed by atoms with E-state index in [1.54, 1.807) is 12.0 Å². The molecule has 0 unspecified atom stereocenters. The number of carbonyl (C=O) groups excluding carboxylic acids is 2. The molecule has 2 amide bonds. The molecule has 0 heterocycles. The average Bonchev–Trinajstić information content (AvgIpc) is 2.76. The third kappa shape index (κ3) is 6.88. The lowest BCUT2D eigenvalue weighted by atomic mass is 10.0. The SMILES string of the molecule is COc1ccc(CN(C(=O)C(C)C)[C@H](Cc2ccccc2)C(=O)NCCCO)cc1. The number of hydrogen-bond donors (Lipinski definition) is 2. The highest BCUT2D eigenvalue weighted by molar-refractivity contribution is 5.88. The van der Waals surface area contributed by atoms with E-state index in [0.29, 0.717) is 25.9 Å². The largest absolute Gasteiger partial charge is 0.497 e. The Balaban J connectivity index is 2.33. The number of benzene rings is 2. The van der Waals surface area contributed by atoms with Crippen molar-refractivity contribution in [2.45, 2.75) is 39.3 Å². The zero-order valence-electron chi connectivity index (χ0n) is 18.0. The van der Waals surface area contributed by atoms with Gasteiger partial charge in [0.25, 0.3) is 0 Å². The van der Waals surface area contributed by atoms with Crippen LogP contribution in [0.15, 0.2) is 54.6 Å². The van der Waals surface area contributed by atoms with E-state index in [9.17, 15) is 9.59 Å². The highest BCUT2D eigenvalue weighted by Gasteiger charge is 2.31. The quantitative estimate of drug-likeness (QED) is 0.556. The molecule has 0 radical (unpaired) electrons. The molecule has 0 fully saturated rings. The van der Waals surface area contributed by atoms with E-state index in [2.05, 4.69) is 5.32 Å². The van der Waals surface area contributed by atoms with Gasteiger partial charge in [-0.2, -0.15) is 0 Å². The lowest BCUT2D eigenvalue weighted by Crippen LogP contribution is -2.51. The monoisotopic (exact) mass is 412 g/mol. The van der Waals surface area contributed by atoms with Gasteiger partial charge < -0.3 is 20.1 Å². The van der Waals surface area contributed by atoms with Crippen LogP contribution in [0.25, 0.3) is 0 Å². The normalized spacial score (nSPS) is 11.8. The topological polar surface area (TPSA) is 78.9 Å². The minimum atomic E-state index is -0.650. The van der Waals surface area contributed by atoms with Crippen LogP contribution < -0.4 is 10.1 Å². The Hall–Kier alpha value is -2.86. The summed E-state index contributed by atoms with van der Waals surface area (Å²) < 4.78 is 5.21. The van der Waals surface area contributed by atoms with E-state index in [1.165, 1.54) is 0 Å². The molecule has 6 nitrogen and oxygen atoms in total. The summed E-state index contributed by atoms with van der Waals surface area (Å²) >= 11 is 0. The van der Waals surface area contributed by atoms with Gasteiger partial charge in [0.1, 0.15) is 11.8 Å². The summed E-state index contributed by atoms with van der Waals surface area (Å²) in [4.78, 5) is 27.9. The van der Waals surface area contributed by atoms with Gasteiger partial charge in [0.15, 0.2) is 0 Å². The summed E-state index contributed by atoms with van der Waals surface area (Å²) in [5, 5.41) is 11.9. The second kappa shape index (κ2) is 12.0. The Kier molecular flexibility index (Phi) is 9.35. The number of rotatable bonds is 11. The zero-order valence-corrected chi connectivity index (χ0v) is 18.0. The first kappa shape index (κ1) is 23.4. The number of amides is 2. The second-order valence-electron chi connectivity index (χ2n) is 7.54. The summed E-state index contributed by atoms with van der Waals surface area (Å²) in [5.41, 5.74) is 1.90. The minimum Gasteiger partial charge on any atom is -0.497 e. The Labute approximate surface area is 178 Å². The Morgan fingerprint density at radius 1 is 1.03 bits per heavy atom. The molecule has 1 atom stereocenters. The maximum Gasteiger partial charge on any atom is 0.243 e. The summed E-state index contributed by atoms with van der Waals surface area (Å²) in [6, 6.07) is 16.5. The fraction of sp³-hybridized carbons (Fsp3) is 0.417. The molecule has 2 aromatic carbocycles. The van der Waals surface area contributed by atoms with Crippen LogP contribution in [-0.4, -0.2) is 48.1 Å². The molecule has 0 aliphatic carbocycles. The number of nitrogens with one attached hydrogen (secondary N) is 1. The van der Waals surface area contributed by atoms with Crippen LogP contribution in [-0.2, 0) is 22.6 Å². The van der Waals surface area contributed by atoms with Gasteiger partial charge in [-0.15, -0.1) is 0 Å². The van der Waals surface area contributed by atoms with Crippen molar-refractivity contribution in [2.75, 3.05) is 20.3 Å². The van der Waals surface area contributed by atoms with E-state index >= 15 is 0 Å². The minimum absolute atomic E-state index is 0.00409. The van der Waals surface area contributed by atoms with Crippen molar-refractivity contribution in [1.82, 2.24) is 10.2 Å². The molecule has 0 bridgehead atoms. The lowest BCUT2D eigenvalue weighted by Gasteiger charge is -2.33. The first-order valence-corrected chi connectivity index (χ1v) is 10.3. The summed E-state index contributed by atoms with van der Waals surface area (Å²) in [5.74, 6) is 0.203. The molecule has 0 saturated carbocycles. The van der Waals surface area contributed by atoms with Gasteiger partial charge in [-0.05, 0) is 29.7 Å². The second-order valence-corrected chi connectivity index (χ2v) is 7.54. The highest BCUT2D eigenvalue weighted by atomic mass is 16.5. The van der Waals surface area contributed by atoms with Gasteiger partial charge in [0, 0.05) is 32.0 Å². The first-order valence-electron chi connectivity index (χ1n) is 10.3. The highest BCUT2D eigenvalue weighted by Crippen LogP contribution is 2.19. The van der Waals surface area contributed by atoms with Crippen LogP contribution in [0.1, 0.15) is 31.4 Å². The van der Waals surface area contributed by atoms with Crippen molar-refractivity contribution in [3.8, 4) is 5.75 Å². The number of hydrogen-bond acceptors (Lipinski definition) is 4. The van der Waals surface area contributed by atoms with Crippen LogP contribution in [0.2, 0.25) is 0 Å². The molecule has 0 saturated heterocycles. The summed E-state index contributed by atoms with van der Waals surface area (Å²) in [6.07, 6.45) is 0.890. The molecule has 2 aromatic rings. The molecular formula is C24H32N2O4. The zero-order chi connectivity index (χ0) is 21.9. The van der Waals surface area contributed by atoms with E-state index in [0.717, 1.165) is 16.9 Å². The van der Waals surface area contributed by atoms with E-state index in [-0.39, 0.29) is 24.3 Å². The molecule has 0 aromatic heterocycles. The van der Waals surface area contributed by atoms with Crippen molar-refractivity contribution in [3.63, 3.8) is 0 Å². The molecule has 0 spiro atoms. The van der Waals surface area contributed by atoms with Crippen LogP contribution >= 0.6 is 0 Å². The fourth-order valence-corrected chi connectivity index (χ4v) is 3.19. The van der Waals surface area contributed by atoms with Crippen LogP contribution in [0.3, 0.4) is 0 Å². The van der Waals surface area contributed by atoms with Crippen molar-refractivity contribution in [2.24, 2.45) is 5.92 Å². The number of ether oxygens (including phenoxy) is 1. The van der Waals surface area contributed by atoms with Gasteiger partial charge in [0.2, 0.25) is 11.8 Å². The smallest absolute Gasteiger partial charge is 0.243 e. The summed E-state index contributed by atoms with van der Waals surface area (Å²) in [7, 11) is 1.61. The van der Waals surface area contributed by atoms with Gasteiger partial charge >= 0.3 is 0 Å². The van der Waals surface area contributed by atoms with E-state index < -0.39 is 6.04 Å². The Bertz CT molecular complexity index is 791. The molecule has 0 aliphatic rings. The van der Waals surface area contributed by atoms with Crippen molar-refractivity contribution in [3.05, 3.63) is 65.7 Å². The van der Waals surface area contributed by atoms with Crippen molar-refractivity contribution < 1.29 is 19.4 Å². The average molecular weight is 413 g/mol. The van der Waals surface area contributed by atoms with E-state index in [4.69, 9.17) is 9.84 Å². The predicted octanol–water partition coefficient (Wildman–Crippen LogP) is 2.79. The number of aliphatic hydroxyl groups excluding tert-OH is 1. The van der Waals surface area contributed by atoms with Gasteiger partial charge in [-0.1, -0.05) is 56.3 Å².